The molecule has 1 aliphatic rings. The first kappa shape index (κ1) is 10.6. The van der Waals surface area contributed by atoms with Crippen LogP contribution in [0.25, 0.3) is 0 Å². The number of phenols is 1. The van der Waals surface area contributed by atoms with E-state index >= 15 is 0 Å². The van der Waals surface area contributed by atoms with Gasteiger partial charge in [-0.15, -0.1) is 0 Å². The second-order valence-electron chi connectivity index (χ2n) is 3.33. The molecule has 86 valence electrons. The van der Waals surface area contributed by atoms with Crippen LogP contribution in [0.2, 0.25) is 0 Å². The average molecular weight is 242 g/mol. The van der Waals surface area contributed by atoms with Crippen molar-refractivity contribution in [2.45, 2.75) is 6.54 Å². The fourth-order valence-electron chi connectivity index (χ4n) is 1.33. The highest BCUT2D eigenvalue weighted by atomic mass is 32.2. The Bertz CT molecular complexity index is 521. The Kier molecular flexibility index (Phi) is 2.39. The summed E-state index contributed by atoms with van der Waals surface area (Å²) in [6.45, 7) is 0.0969. The maximum Gasteiger partial charge on any atom is 0.326 e. The summed E-state index contributed by atoms with van der Waals surface area (Å²) in [5.74, 6) is -0.289. The van der Waals surface area contributed by atoms with Gasteiger partial charge in [-0.25, -0.2) is 4.72 Å². The summed E-state index contributed by atoms with van der Waals surface area (Å²) < 4.78 is 25.7. The van der Waals surface area contributed by atoms with Crippen LogP contribution in [0.4, 0.5) is 0 Å². The van der Waals surface area contributed by atoms with Gasteiger partial charge in [0.1, 0.15) is 5.75 Å². The lowest BCUT2D eigenvalue weighted by atomic mass is 10.2. The lowest BCUT2D eigenvalue weighted by Gasteiger charge is -2.13. The minimum atomic E-state index is -3.67. The molecule has 2 rings (SSSR count). The number of aliphatic hydroxyl groups is 1. The van der Waals surface area contributed by atoms with E-state index in [1.807, 2.05) is 4.72 Å². The third kappa shape index (κ3) is 2.03. The molecule has 7 heteroatoms. The summed E-state index contributed by atoms with van der Waals surface area (Å²) in [5.41, 5.74) is 0.703. The van der Waals surface area contributed by atoms with Crippen molar-refractivity contribution in [3.05, 3.63) is 41.9 Å². The largest absolute Gasteiger partial charge is 0.508 e. The SMILES string of the molecule is O=S1(=O)NC(O)=CN1Cc1ccc(O)cc1. The zero-order chi connectivity index (χ0) is 11.8. The van der Waals surface area contributed by atoms with E-state index in [4.69, 9.17) is 10.2 Å². The van der Waals surface area contributed by atoms with Crippen LogP contribution in [0.15, 0.2) is 36.3 Å². The van der Waals surface area contributed by atoms with Crippen molar-refractivity contribution in [2.24, 2.45) is 0 Å². The first-order valence-corrected chi connectivity index (χ1v) is 5.90. The van der Waals surface area contributed by atoms with Gasteiger partial charge in [-0.1, -0.05) is 12.1 Å². The van der Waals surface area contributed by atoms with Gasteiger partial charge in [-0.3, -0.25) is 4.31 Å². The van der Waals surface area contributed by atoms with Crippen LogP contribution in [0, 0.1) is 0 Å². The molecule has 1 heterocycles. The number of rotatable bonds is 2. The van der Waals surface area contributed by atoms with Crippen molar-refractivity contribution in [1.82, 2.24) is 9.03 Å². The summed E-state index contributed by atoms with van der Waals surface area (Å²) in [7, 11) is -3.67. The molecule has 0 fully saturated rings. The van der Waals surface area contributed by atoms with Crippen LogP contribution in [0.3, 0.4) is 0 Å². The fourth-order valence-corrected chi connectivity index (χ4v) is 2.33. The van der Waals surface area contributed by atoms with Crippen molar-refractivity contribution in [3.63, 3.8) is 0 Å². The third-order valence-electron chi connectivity index (χ3n) is 2.08. The number of aromatic hydroxyl groups is 1. The first-order valence-electron chi connectivity index (χ1n) is 4.46. The Balaban J connectivity index is 2.19. The Labute approximate surface area is 92.6 Å². The van der Waals surface area contributed by atoms with Gasteiger partial charge < -0.3 is 10.2 Å². The number of nitrogens with zero attached hydrogens (tertiary/aromatic N) is 1. The van der Waals surface area contributed by atoms with Gasteiger partial charge in [-0.2, -0.15) is 8.42 Å². The van der Waals surface area contributed by atoms with Crippen molar-refractivity contribution in [1.29, 1.82) is 0 Å². The van der Waals surface area contributed by atoms with Crippen molar-refractivity contribution >= 4 is 10.2 Å². The Hall–Kier alpha value is -1.89. The highest BCUT2D eigenvalue weighted by Gasteiger charge is 2.26. The van der Waals surface area contributed by atoms with Crippen molar-refractivity contribution in [2.75, 3.05) is 0 Å². The van der Waals surface area contributed by atoms with E-state index in [0.29, 0.717) is 5.56 Å². The molecule has 0 aromatic heterocycles. The topological polar surface area (TPSA) is 89.9 Å². The number of hydrogen-bond donors (Lipinski definition) is 3. The molecule has 0 atom stereocenters. The van der Waals surface area contributed by atoms with Crippen LogP contribution in [-0.2, 0) is 16.8 Å². The molecule has 0 spiro atoms. The fraction of sp³-hybridized carbons (Fsp3) is 0.111. The number of phenolic OH excluding ortho intramolecular Hbond substituents is 1. The molecular formula is C9H10N2O4S. The molecule has 1 aromatic rings. The second kappa shape index (κ2) is 3.60. The molecule has 0 saturated carbocycles. The van der Waals surface area contributed by atoms with Gasteiger partial charge in [0.2, 0.25) is 5.88 Å². The second-order valence-corrected chi connectivity index (χ2v) is 4.96. The number of aliphatic hydroxyl groups excluding tert-OH is 1. The number of benzene rings is 1. The Morgan fingerprint density at radius 2 is 1.81 bits per heavy atom. The minimum Gasteiger partial charge on any atom is -0.508 e. The van der Waals surface area contributed by atoms with E-state index in [9.17, 15) is 8.42 Å². The van der Waals surface area contributed by atoms with Gasteiger partial charge in [0.05, 0.1) is 12.7 Å². The van der Waals surface area contributed by atoms with E-state index in [2.05, 4.69) is 0 Å². The molecular weight excluding hydrogens is 232 g/mol. The summed E-state index contributed by atoms with van der Waals surface area (Å²) in [5, 5.41) is 18.1. The average Bonchev–Trinajstić information content (AvgIpc) is 2.43. The van der Waals surface area contributed by atoms with Crippen molar-refractivity contribution < 1.29 is 18.6 Å². The van der Waals surface area contributed by atoms with Gasteiger partial charge in [0, 0.05) is 0 Å². The van der Waals surface area contributed by atoms with Gasteiger partial charge >= 0.3 is 10.2 Å². The molecule has 0 bridgehead atoms. The van der Waals surface area contributed by atoms with E-state index in [-0.39, 0.29) is 12.3 Å². The zero-order valence-corrected chi connectivity index (χ0v) is 8.98. The number of nitrogens with one attached hydrogen (secondary N) is 1. The van der Waals surface area contributed by atoms with Crippen LogP contribution in [0.5, 0.6) is 5.75 Å². The summed E-state index contributed by atoms with van der Waals surface area (Å²) in [6.07, 6.45) is 1.10. The predicted octanol–water partition coefficient (Wildman–Crippen LogP) is 0.399. The standard InChI is InChI=1S/C9H10N2O4S/c12-8-3-1-7(2-4-8)5-11-6-9(13)10-16(11,14)15/h1-4,6,10,12-13H,5H2. The van der Waals surface area contributed by atoms with E-state index in [0.717, 1.165) is 10.5 Å². The molecule has 16 heavy (non-hydrogen) atoms. The van der Waals surface area contributed by atoms with Crippen LogP contribution in [0.1, 0.15) is 5.56 Å². The highest BCUT2D eigenvalue weighted by Crippen LogP contribution is 2.17. The molecule has 0 amide bonds. The maximum absolute atomic E-state index is 11.4. The lowest BCUT2D eigenvalue weighted by molar-refractivity contribution is 0.390. The molecule has 0 radical (unpaired) electrons. The molecule has 1 aliphatic heterocycles. The van der Waals surface area contributed by atoms with Crippen LogP contribution in [-0.4, -0.2) is 22.9 Å². The Morgan fingerprint density at radius 3 is 2.31 bits per heavy atom. The molecule has 0 aliphatic carbocycles. The van der Waals surface area contributed by atoms with E-state index in [1.165, 1.54) is 12.1 Å². The van der Waals surface area contributed by atoms with Gasteiger partial charge in [0.25, 0.3) is 0 Å². The molecule has 1 aromatic carbocycles. The van der Waals surface area contributed by atoms with Gasteiger partial charge in [-0.05, 0) is 17.7 Å². The molecule has 0 saturated heterocycles. The summed E-state index contributed by atoms with van der Waals surface area (Å²) in [4.78, 5) is 0. The number of hydrogen-bond acceptors (Lipinski definition) is 4. The maximum atomic E-state index is 11.4. The van der Waals surface area contributed by atoms with E-state index in [1.54, 1.807) is 12.1 Å². The quantitative estimate of drug-likeness (QED) is 0.700. The first-order chi connectivity index (χ1) is 7.47. The predicted molar refractivity (Wildman–Crippen MR) is 56.4 cm³/mol. The highest BCUT2D eigenvalue weighted by molar-refractivity contribution is 7.87. The molecule has 6 nitrogen and oxygen atoms in total. The summed E-state index contributed by atoms with van der Waals surface area (Å²) in [6, 6.07) is 6.15. The zero-order valence-electron chi connectivity index (χ0n) is 8.16. The molecule has 0 unspecified atom stereocenters. The van der Waals surface area contributed by atoms with Crippen LogP contribution >= 0.6 is 0 Å². The summed E-state index contributed by atoms with van der Waals surface area (Å²) >= 11 is 0. The smallest absolute Gasteiger partial charge is 0.326 e. The minimum absolute atomic E-state index is 0.0969. The van der Waals surface area contributed by atoms with Gasteiger partial charge in [0.15, 0.2) is 0 Å². The Morgan fingerprint density at radius 1 is 1.19 bits per heavy atom. The monoisotopic (exact) mass is 242 g/mol. The third-order valence-corrected chi connectivity index (χ3v) is 3.40. The lowest BCUT2D eigenvalue weighted by Crippen LogP contribution is -2.29. The normalized spacial score (nSPS) is 18.0. The van der Waals surface area contributed by atoms with E-state index < -0.39 is 16.1 Å². The van der Waals surface area contributed by atoms with Crippen molar-refractivity contribution in [3.8, 4) is 5.75 Å². The molecule has 3 N–H and O–H groups in total. The van der Waals surface area contributed by atoms with Crippen LogP contribution < -0.4 is 4.72 Å².